The smallest absolute Gasteiger partial charge is 0.186 e. The Bertz CT molecular complexity index is 474. The second-order valence-corrected chi connectivity index (χ2v) is 8.53. The lowest BCUT2D eigenvalue weighted by Crippen LogP contribution is -2.32. The first kappa shape index (κ1) is 20.9. The van der Waals surface area contributed by atoms with Gasteiger partial charge < -0.3 is 0 Å². The molecule has 0 aromatic rings. The second-order valence-electron chi connectivity index (χ2n) is 8.53. The molecule has 0 fully saturated rings. The van der Waals surface area contributed by atoms with Gasteiger partial charge in [0, 0.05) is 11.1 Å². The SMILES string of the molecule is CCCCCC(C)(C)C1=CC(=O)C=C(C(C)(C)CCCCC)C1=O. The summed E-state index contributed by atoms with van der Waals surface area (Å²) in [5.41, 5.74) is 0.955. The van der Waals surface area contributed by atoms with Gasteiger partial charge in [-0.05, 0) is 35.8 Å². The summed E-state index contributed by atoms with van der Waals surface area (Å²) >= 11 is 0. The van der Waals surface area contributed by atoms with Crippen molar-refractivity contribution in [3.63, 3.8) is 0 Å². The van der Waals surface area contributed by atoms with Gasteiger partial charge in [-0.2, -0.15) is 0 Å². The fourth-order valence-electron chi connectivity index (χ4n) is 3.51. The summed E-state index contributed by atoms with van der Waals surface area (Å²) < 4.78 is 0. The molecule has 0 atom stereocenters. The highest BCUT2D eigenvalue weighted by molar-refractivity contribution is 6.21. The molecule has 0 aliphatic heterocycles. The summed E-state index contributed by atoms with van der Waals surface area (Å²) in [6.45, 7) is 12.8. The van der Waals surface area contributed by atoms with E-state index in [1.54, 1.807) is 12.2 Å². The minimum Gasteiger partial charge on any atom is -0.290 e. The van der Waals surface area contributed by atoms with Crippen LogP contribution in [0.5, 0.6) is 0 Å². The number of hydrogen-bond acceptors (Lipinski definition) is 2. The lowest BCUT2D eigenvalue weighted by molar-refractivity contribution is -0.117. The molecule has 0 aromatic heterocycles. The third-order valence-electron chi connectivity index (χ3n) is 5.33. The lowest BCUT2D eigenvalue weighted by atomic mass is 9.68. The van der Waals surface area contributed by atoms with Crippen molar-refractivity contribution < 1.29 is 9.59 Å². The Balaban J connectivity index is 2.96. The number of allylic oxidation sites excluding steroid dienone is 4. The molecule has 1 aliphatic carbocycles. The van der Waals surface area contributed by atoms with E-state index in [0.29, 0.717) is 11.1 Å². The molecule has 0 amide bonds. The fourth-order valence-corrected chi connectivity index (χ4v) is 3.51. The average molecular weight is 333 g/mol. The van der Waals surface area contributed by atoms with E-state index >= 15 is 0 Å². The van der Waals surface area contributed by atoms with Crippen LogP contribution in [0.3, 0.4) is 0 Å². The Kier molecular flexibility index (Phi) is 7.63. The predicted octanol–water partition coefficient (Wildman–Crippen LogP) is 6.20. The molecule has 0 aromatic carbocycles. The largest absolute Gasteiger partial charge is 0.290 e. The molecule has 0 radical (unpaired) electrons. The maximum absolute atomic E-state index is 13.1. The Morgan fingerprint density at radius 2 is 1.08 bits per heavy atom. The molecule has 0 saturated carbocycles. The van der Waals surface area contributed by atoms with E-state index in [2.05, 4.69) is 41.5 Å². The van der Waals surface area contributed by atoms with E-state index in [1.165, 1.54) is 12.8 Å². The number of carbonyl (C=O) groups excluding carboxylic acids is 2. The summed E-state index contributed by atoms with van der Waals surface area (Å²) in [5.74, 6) is 0.0735. The zero-order valence-corrected chi connectivity index (χ0v) is 16.6. The highest BCUT2D eigenvalue weighted by atomic mass is 16.1. The number of unbranched alkanes of at least 4 members (excludes halogenated alkanes) is 4. The molecule has 0 unspecified atom stereocenters. The maximum Gasteiger partial charge on any atom is 0.186 e. The van der Waals surface area contributed by atoms with Crippen molar-refractivity contribution in [2.45, 2.75) is 92.9 Å². The summed E-state index contributed by atoms with van der Waals surface area (Å²) in [4.78, 5) is 25.4. The Morgan fingerprint density at radius 3 is 1.42 bits per heavy atom. The van der Waals surface area contributed by atoms with Crippen LogP contribution in [0.4, 0.5) is 0 Å². The molecule has 24 heavy (non-hydrogen) atoms. The van der Waals surface area contributed by atoms with E-state index in [1.807, 2.05) is 0 Å². The van der Waals surface area contributed by atoms with Gasteiger partial charge in [-0.25, -0.2) is 0 Å². The van der Waals surface area contributed by atoms with Crippen LogP contribution in [-0.4, -0.2) is 11.6 Å². The van der Waals surface area contributed by atoms with Crippen LogP contribution in [0.25, 0.3) is 0 Å². The highest BCUT2D eigenvalue weighted by Crippen LogP contribution is 2.42. The van der Waals surface area contributed by atoms with E-state index in [-0.39, 0.29) is 22.4 Å². The quantitative estimate of drug-likeness (QED) is 0.352. The summed E-state index contributed by atoms with van der Waals surface area (Å²) in [6, 6.07) is 0. The number of Topliss-reactive ketones (excluding diaryl/α,β-unsaturated/α-hetero) is 1. The second kappa shape index (κ2) is 8.78. The zero-order valence-electron chi connectivity index (χ0n) is 16.6. The van der Waals surface area contributed by atoms with Gasteiger partial charge in [-0.1, -0.05) is 80.1 Å². The van der Waals surface area contributed by atoms with Crippen molar-refractivity contribution >= 4 is 11.6 Å². The molecule has 1 rings (SSSR count). The molecule has 2 nitrogen and oxygen atoms in total. The van der Waals surface area contributed by atoms with E-state index in [4.69, 9.17) is 0 Å². The molecule has 0 N–H and O–H groups in total. The van der Waals surface area contributed by atoms with Gasteiger partial charge in [0.25, 0.3) is 0 Å². The first-order valence-corrected chi connectivity index (χ1v) is 9.68. The first-order chi connectivity index (χ1) is 11.2. The van der Waals surface area contributed by atoms with Crippen molar-refractivity contribution in [2.75, 3.05) is 0 Å². The highest BCUT2D eigenvalue weighted by Gasteiger charge is 2.38. The minimum absolute atomic E-state index is 0.0215. The van der Waals surface area contributed by atoms with Gasteiger partial charge in [0.15, 0.2) is 11.6 Å². The first-order valence-electron chi connectivity index (χ1n) is 9.68. The molecule has 0 heterocycles. The van der Waals surface area contributed by atoms with Crippen LogP contribution in [-0.2, 0) is 9.59 Å². The van der Waals surface area contributed by atoms with Gasteiger partial charge in [0.1, 0.15) is 0 Å². The summed E-state index contributed by atoms with van der Waals surface area (Å²) in [5, 5.41) is 0. The van der Waals surface area contributed by atoms with Crippen LogP contribution >= 0.6 is 0 Å². The zero-order chi connectivity index (χ0) is 18.4. The number of rotatable bonds is 10. The van der Waals surface area contributed by atoms with Crippen molar-refractivity contribution in [2.24, 2.45) is 10.8 Å². The molecule has 136 valence electrons. The lowest BCUT2D eigenvalue weighted by Gasteiger charge is -2.34. The van der Waals surface area contributed by atoms with Crippen LogP contribution < -0.4 is 0 Å². The predicted molar refractivity (Wildman–Crippen MR) is 102 cm³/mol. The number of hydrogen-bond donors (Lipinski definition) is 0. The standard InChI is InChI=1S/C22H36O2/c1-7-9-11-13-21(3,4)18-15-17(23)16-19(20(18)24)22(5,6)14-12-10-8-2/h15-16H,7-14H2,1-6H3. The number of carbonyl (C=O) groups is 2. The van der Waals surface area contributed by atoms with E-state index in [9.17, 15) is 9.59 Å². The molecule has 0 bridgehead atoms. The summed E-state index contributed by atoms with van der Waals surface area (Å²) in [7, 11) is 0. The molecular formula is C22H36O2. The van der Waals surface area contributed by atoms with Crippen LogP contribution in [0.2, 0.25) is 0 Å². The van der Waals surface area contributed by atoms with Gasteiger partial charge in [-0.15, -0.1) is 0 Å². The fraction of sp³-hybridized carbons (Fsp3) is 0.727. The molecular weight excluding hydrogens is 296 g/mol. The van der Waals surface area contributed by atoms with Crippen LogP contribution in [0, 0.1) is 10.8 Å². The van der Waals surface area contributed by atoms with Crippen LogP contribution in [0.15, 0.2) is 23.3 Å². The van der Waals surface area contributed by atoms with E-state index < -0.39 is 0 Å². The third-order valence-corrected chi connectivity index (χ3v) is 5.33. The van der Waals surface area contributed by atoms with Gasteiger partial charge in [0.2, 0.25) is 0 Å². The minimum atomic E-state index is -0.235. The Labute approximate surface area is 148 Å². The van der Waals surface area contributed by atoms with Crippen molar-refractivity contribution in [3.8, 4) is 0 Å². The maximum atomic E-state index is 13.1. The molecule has 0 saturated heterocycles. The van der Waals surface area contributed by atoms with Crippen LogP contribution in [0.1, 0.15) is 92.9 Å². The van der Waals surface area contributed by atoms with Gasteiger partial charge in [0.05, 0.1) is 0 Å². The average Bonchev–Trinajstić information content (AvgIpc) is 2.49. The van der Waals surface area contributed by atoms with Crippen molar-refractivity contribution in [1.82, 2.24) is 0 Å². The molecule has 1 aliphatic rings. The van der Waals surface area contributed by atoms with Crippen molar-refractivity contribution in [3.05, 3.63) is 23.3 Å². The molecule has 0 spiro atoms. The number of ketones is 2. The molecule has 2 heteroatoms. The topological polar surface area (TPSA) is 34.1 Å². The van der Waals surface area contributed by atoms with E-state index in [0.717, 1.165) is 38.5 Å². The van der Waals surface area contributed by atoms with Gasteiger partial charge in [-0.3, -0.25) is 9.59 Å². The monoisotopic (exact) mass is 332 g/mol. The normalized spacial score (nSPS) is 16.2. The Morgan fingerprint density at radius 1 is 0.708 bits per heavy atom. The summed E-state index contributed by atoms with van der Waals surface area (Å²) in [6.07, 6.45) is 11.9. The van der Waals surface area contributed by atoms with Gasteiger partial charge >= 0.3 is 0 Å². The van der Waals surface area contributed by atoms with Crippen molar-refractivity contribution in [1.29, 1.82) is 0 Å². The Hall–Kier alpha value is -1.18. The third kappa shape index (κ3) is 5.43.